The van der Waals surface area contributed by atoms with E-state index < -0.39 is 0 Å². The molecule has 0 unspecified atom stereocenters. The second-order valence-electron chi connectivity index (χ2n) is 4.26. The molecule has 0 fully saturated rings. The maximum atomic E-state index is 13.1. The van der Waals surface area contributed by atoms with E-state index in [4.69, 9.17) is 15.9 Å². The van der Waals surface area contributed by atoms with Gasteiger partial charge in [0.2, 0.25) is 0 Å². The molecular formula is C15H15FN2OS. The quantitative estimate of drug-likeness (QED) is 0.509. The summed E-state index contributed by atoms with van der Waals surface area (Å²) in [7, 11) is 0. The van der Waals surface area contributed by atoms with Crippen molar-refractivity contribution in [1.82, 2.24) is 0 Å². The van der Waals surface area contributed by atoms with E-state index in [0.717, 1.165) is 4.90 Å². The summed E-state index contributed by atoms with van der Waals surface area (Å²) >= 11 is 1.49. The predicted molar refractivity (Wildman–Crippen MR) is 80.5 cm³/mol. The molecule has 0 saturated carbocycles. The number of halogens is 1. The molecule has 0 aromatic heterocycles. The summed E-state index contributed by atoms with van der Waals surface area (Å²) in [6, 6.07) is 9.78. The fraction of sp³-hybridized carbons (Fsp3) is 0.133. The van der Waals surface area contributed by atoms with Crippen LogP contribution in [0.1, 0.15) is 11.1 Å². The van der Waals surface area contributed by atoms with Crippen LogP contribution in [0.25, 0.3) is 0 Å². The number of ether oxygens (including phenoxy) is 1. The van der Waals surface area contributed by atoms with Gasteiger partial charge in [-0.15, -0.1) is 11.8 Å². The van der Waals surface area contributed by atoms with Gasteiger partial charge in [-0.25, -0.2) is 4.39 Å². The van der Waals surface area contributed by atoms with Crippen LogP contribution in [0.2, 0.25) is 0 Å². The Balaban J connectivity index is 2.45. The number of hydrogen-bond donors (Lipinski definition) is 2. The minimum absolute atomic E-state index is 0.0512. The molecule has 3 nitrogen and oxygen atoms in total. The first-order chi connectivity index (χ1) is 9.52. The molecule has 0 amide bonds. The minimum atomic E-state index is -0.306. The lowest BCUT2D eigenvalue weighted by atomic mass is 10.1. The van der Waals surface area contributed by atoms with Gasteiger partial charge in [-0.1, -0.05) is 6.07 Å². The van der Waals surface area contributed by atoms with Gasteiger partial charge in [0, 0.05) is 4.90 Å². The second-order valence-corrected chi connectivity index (χ2v) is 5.11. The Morgan fingerprint density at radius 2 is 2.00 bits per heavy atom. The number of nitrogen functional groups attached to an aromatic ring is 1. The average molecular weight is 290 g/mol. The maximum Gasteiger partial charge on any atom is 0.139 e. The average Bonchev–Trinajstić information content (AvgIpc) is 2.41. The molecule has 0 saturated heterocycles. The number of rotatable bonds is 4. The number of amidine groups is 1. The van der Waals surface area contributed by atoms with Crippen LogP contribution in [0.4, 0.5) is 4.39 Å². The summed E-state index contributed by atoms with van der Waals surface area (Å²) in [5.41, 5.74) is 6.88. The van der Waals surface area contributed by atoms with Crippen LogP contribution >= 0.6 is 11.8 Å². The van der Waals surface area contributed by atoms with Gasteiger partial charge in [0.05, 0.1) is 5.56 Å². The molecule has 2 rings (SSSR count). The lowest BCUT2D eigenvalue weighted by molar-refractivity contribution is 0.474. The van der Waals surface area contributed by atoms with Crippen molar-refractivity contribution < 1.29 is 9.13 Å². The Labute approximate surface area is 121 Å². The Kier molecular flexibility index (Phi) is 4.29. The van der Waals surface area contributed by atoms with E-state index in [-0.39, 0.29) is 11.7 Å². The van der Waals surface area contributed by atoms with Crippen LogP contribution in [-0.2, 0) is 0 Å². The third-order valence-electron chi connectivity index (χ3n) is 2.83. The molecular weight excluding hydrogens is 275 g/mol. The van der Waals surface area contributed by atoms with E-state index in [1.54, 1.807) is 19.1 Å². The Hall–Kier alpha value is -2.01. The van der Waals surface area contributed by atoms with Crippen molar-refractivity contribution >= 4 is 17.6 Å². The van der Waals surface area contributed by atoms with Crippen molar-refractivity contribution in [3.63, 3.8) is 0 Å². The first-order valence-corrected chi connectivity index (χ1v) is 7.21. The van der Waals surface area contributed by atoms with Gasteiger partial charge in [0.1, 0.15) is 23.2 Å². The SMILES string of the molecule is CSc1cccc(Oc2ccc(F)cc2C)c1C(=N)N. The molecule has 0 spiro atoms. The van der Waals surface area contributed by atoms with Crippen molar-refractivity contribution in [2.75, 3.05) is 6.26 Å². The topological polar surface area (TPSA) is 59.1 Å². The third kappa shape index (κ3) is 2.93. The molecule has 0 heterocycles. The summed E-state index contributed by atoms with van der Waals surface area (Å²) in [4.78, 5) is 0.870. The standard InChI is InChI=1S/C15H15FN2OS/c1-9-8-10(16)6-7-11(9)19-12-4-3-5-13(20-2)14(12)15(17)18/h3-8H,1-2H3,(H3,17,18). The summed E-state index contributed by atoms with van der Waals surface area (Å²) in [5, 5.41) is 7.70. The third-order valence-corrected chi connectivity index (χ3v) is 3.61. The van der Waals surface area contributed by atoms with E-state index in [1.165, 1.54) is 23.9 Å². The highest BCUT2D eigenvalue weighted by Gasteiger charge is 2.13. The van der Waals surface area contributed by atoms with Gasteiger partial charge in [-0.3, -0.25) is 5.41 Å². The Bertz CT molecular complexity index is 658. The van der Waals surface area contributed by atoms with E-state index in [0.29, 0.717) is 22.6 Å². The molecule has 0 aliphatic heterocycles. The van der Waals surface area contributed by atoms with Gasteiger partial charge in [0.15, 0.2) is 0 Å². The smallest absolute Gasteiger partial charge is 0.139 e. The molecule has 104 valence electrons. The van der Waals surface area contributed by atoms with Crippen LogP contribution in [0.15, 0.2) is 41.3 Å². The molecule has 0 aliphatic rings. The highest BCUT2D eigenvalue weighted by molar-refractivity contribution is 7.98. The molecule has 0 radical (unpaired) electrons. The zero-order valence-corrected chi connectivity index (χ0v) is 12.1. The van der Waals surface area contributed by atoms with Gasteiger partial charge >= 0.3 is 0 Å². The van der Waals surface area contributed by atoms with Crippen molar-refractivity contribution in [1.29, 1.82) is 5.41 Å². The number of nitrogens with one attached hydrogen (secondary N) is 1. The highest BCUT2D eigenvalue weighted by atomic mass is 32.2. The molecule has 0 atom stereocenters. The predicted octanol–water partition coefficient (Wildman–Crippen LogP) is 3.93. The molecule has 2 aromatic rings. The van der Waals surface area contributed by atoms with Gasteiger partial charge in [-0.05, 0) is 49.1 Å². The summed E-state index contributed by atoms with van der Waals surface area (Å²) in [6.45, 7) is 1.77. The van der Waals surface area contributed by atoms with E-state index in [2.05, 4.69) is 0 Å². The van der Waals surface area contributed by atoms with Gasteiger partial charge in [-0.2, -0.15) is 0 Å². The minimum Gasteiger partial charge on any atom is -0.456 e. The zero-order valence-electron chi connectivity index (χ0n) is 11.2. The first-order valence-electron chi connectivity index (χ1n) is 5.98. The van der Waals surface area contributed by atoms with Crippen LogP contribution in [-0.4, -0.2) is 12.1 Å². The summed E-state index contributed by atoms with van der Waals surface area (Å²) < 4.78 is 18.9. The van der Waals surface area contributed by atoms with Crippen molar-refractivity contribution in [2.45, 2.75) is 11.8 Å². The molecule has 0 aliphatic carbocycles. The fourth-order valence-corrected chi connectivity index (χ4v) is 2.51. The lowest BCUT2D eigenvalue weighted by Crippen LogP contribution is -2.13. The molecule has 0 bridgehead atoms. The van der Waals surface area contributed by atoms with Crippen molar-refractivity contribution in [2.24, 2.45) is 5.73 Å². The first kappa shape index (κ1) is 14.4. The van der Waals surface area contributed by atoms with Crippen LogP contribution in [0, 0.1) is 18.2 Å². The number of benzene rings is 2. The van der Waals surface area contributed by atoms with Gasteiger partial charge < -0.3 is 10.5 Å². The highest BCUT2D eigenvalue weighted by Crippen LogP contribution is 2.33. The summed E-state index contributed by atoms with van der Waals surface area (Å²) in [5.74, 6) is 0.690. The summed E-state index contributed by atoms with van der Waals surface area (Å²) in [6.07, 6.45) is 1.91. The van der Waals surface area contributed by atoms with Gasteiger partial charge in [0.25, 0.3) is 0 Å². The monoisotopic (exact) mass is 290 g/mol. The maximum absolute atomic E-state index is 13.1. The van der Waals surface area contributed by atoms with Crippen molar-refractivity contribution in [3.05, 3.63) is 53.3 Å². The number of hydrogen-bond acceptors (Lipinski definition) is 3. The normalized spacial score (nSPS) is 10.3. The van der Waals surface area contributed by atoms with Crippen LogP contribution < -0.4 is 10.5 Å². The van der Waals surface area contributed by atoms with E-state index in [9.17, 15) is 4.39 Å². The fourth-order valence-electron chi connectivity index (χ4n) is 1.88. The number of nitrogens with two attached hydrogens (primary N) is 1. The van der Waals surface area contributed by atoms with Crippen LogP contribution in [0.5, 0.6) is 11.5 Å². The zero-order chi connectivity index (χ0) is 14.7. The largest absolute Gasteiger partial charge is 0.456 e. The van der Waals surface area contributed by atoms with E-state index in [1.807, 2.05) is 18.4 Å². The molecule has 3 N–H and O–H groups in total. The van der Waals surface area contributed by atoms with Crippen LogP contribution in [0.3, 0.4) is 0 Å². The van der Waals surface area contributed by atoms with Crippen molar-refractivity contribution in [3.8, 4) is 11.5 Å². The Morgan fingerprint density at radius 3 is 2.60 bits per heavy atom. The second kappa shape index (κ2) is 5.96. The Morgan fingerprint density at radius 1 is 1.25 bits per heavy atom. The molecule has 20 heavy (non-hydrogen) atoms. The lowest BCUT2D eigenvalue weighted by Gasteiger charge is -2.14. The molecule has 5 heteroatoms. The number of thioether (sulfide) groups is 1. The van der Waals surface area contributed by atoms with E-state index >= 15 is 0 Å². The molecule has 2 aromatic carbocycles. The number of aryl methyl sites for hydroxylation is 1.